The average Bonchev–Trinajstić information content (AvgIpc) is 3.01. The highest BCUT2D eigenvalue weighted by molar-refractivity contribution is 7.92. The van der Waals surface area contributed by atoms with Crippen LogP contribution < -0.4 is 10.5 Å². The van der Waals surface area contributed by atoms with Crippen LogP contribution in [0.25, 0.3) is 0 Å². The van der Waals surface area contributed by atoms with Crippen molar-refractivity contribution < 1.29 is 17.5 Å². The summed E-state index contributed by atoms with van der Waals surface area (Å²) in [4.78, 5) is 0.305. The number of sulfone groups is 1. The van der Waals surface area contributed by atoms with Crippen molar-refractivity contribution in [1.29, 1.82) is 0 Å². The van der Waals surface area contributed by atoms with Crippen LogP contribution in [0.4, 0.5) is 4.39 Å². The van der Waals surface area contributed by atoms with Crippen molar-refractivity contribution in [2.24, 2.45) is 5.73 Å². The third-order valence-corrected chi connectivity index (χ3v) is 5.89. The van der Waals surface area contributed by atoms with Gasteiger partial charge in [0.05, 0.1) is 10.1 Å². The number of benzene rings is 1. The summed E-state index contributed by atoms with van der Waals surface area (Å²) in [6.45, 7) is -0.0836. The van der Waals surface area contributed by atoms with E-state index in [4.69, 9.17) is 10.5 Å². The molecule has 2 N–H and O–H groups in total. The Morgan fingerprint density at radius 2 is 1.86 bits per heavy atom. The van der Waals surface area contributed by atoms with Gasteiger partial charge in [0.25, 0.3) is 0 Å². The molecule has 0 aliphatic heterocycles. The van der Waals surface area contributed by atoms with Gasteiger partial charge in [-0.1, -0.05) is 12.8 Å². The lowest BCUT2D eigenvalue weighted by Gasteiger charge is -2.11. The third kappa shape index (κ3) is 4.69. The van der Waals surface area contributed by atoms with Crippen LogP contribution >= 0.6 is 12.4 Å². The predicted octanol–water partition coefficient (Wildman–Crippen LogP) is 3.02. The first-order chi connectivity index (χ1) is 10.0. The molecule has 1 aliphatic carbocycles. The van der Waals surface area contributed by atoms with E-state index in [1.54, 1.807) is 12.1 Å². The standard InChI is InChI=1S/C15H20FNO3S.ClH/c16-12(9-10-17)11-20-13-5-7-15(8-6-13)21(18,19)14-3-1-2-4-14;/h5-9,14H,1-4,10-11,17H2;1H/b12-9+;. The molecule has 0 saturated heterocycles. The number of hydrogen-bond acceptors (Lipinski definition) is 4. The van der Waals surface area contributed by atoms with Crippen molar-refractivity contribution >= 4 is 22.2 Å². The first-order valence-electron chi connectivity index (χ1n) is 7.05. The molecule has 1 saturated carbocycles. The molecule has 0 bridgehead atoms. The zero-order chi connectivity index (χ0) is 15.3. The molecule has 1 aliphatic rings. The van der Waals surface area contributed by atoms with Crippen molar-refractivity contribution in [3.8, 4) is 5.75 Å². The van der Waals surface area contributed by atoms with E-state index in [9.17, 15) is 12.8 Å². The van der Waals surface area contributed by atoms with Gasteiger partial charge in [0.15, 0.2) is 9.84 Å². The Kier molecular flexibility index (Phi) is 7.32. The summed E-state index contributed by atoms with van der Waals surface area (Å²) in [6, 6.07) is 6.15. The molecule has 0 heterocycles. The second-order valence-corrected chi connectivity index (χ2v) is 7.33. The minimum atomic E-state index is -3.25. The van der Waals surface area contributed by atoms with E-state index in [2.05, 4.69) is 0 Å². The van der Waals surface area contributed by atoms with Crippen molar-refractivity contribution in [2.45, 2.75) is 35.8 Å². The molecule has 0 amide bonds. The fourth-order valence-electron chi connectivity index (χ4n) is 2.46. The fraction of sp³-hybridized carbons (Fsp3) is 0.467. The van der Waals surface area contributed by atoms with E-state index < -0.39 is 15.7 Å². The molecule has 1 aromatic rings. The van der Waals surface area contributed by atoms with E-state index in [0.717, 1.165) is 25.7 Å². The van der Waals surface area contributed by atoms with Gasteiger partial charge in [-0.3, -0.25) is 0 Å². The third-order valence-electron chi connectivity index (χ3n) is 3.61. The molecule has 0 spiro atoms. The highest BCUT2D eigenvalue weighted by atomic mass is 35.5. The lowest BCUT2D eigenvalue weighted by molar-refractivity contribution is 0.318. The lowest BCUT2D eigenvalue weighted by atomic mass is 10.3. The van der Waals surface area contributed by atoms with E-state index in [0.29, 0.717) is 10.6 Å². The summed E-state index contributed by atoms with van der Waals surface area (Å²) < 4.78 is 43.1. The molecule has 0 unspecified atom stereocenters. The van der Waals surface area contributed by atoms with Gasteiger partial charge < -0.3 is 10.5 Å². The predicted molar refractivity (Wildman–Crippen MR) is 86.9 cm³/mol. The van der Waals surface area contributed by atoms with Gasteiger partial charge in [0.1, 0.15) is 18.2 Å². The van der Waals surface area contributed by atoms with Gasteiger partial charge in [-0.15, -0.1) is 12.4 Å². The Bertz CT molecular complexity index is 596. The smallest absolute Gasteiger partial charge is 0.181 e. The van der Waals surface area contributed by atoms with Gasteiger partial charge in [0.2, 0.25) is 0 Å². The van der Waals surface area contributed by atoms with Gasteiger partial charge in [-0.25, -0.2) is 12.8 Å². The Hall–Kier alpha value is -1.11. The van der Waals surface area contributed by atoms with E-state index in [1.807, 2.05) is 0 Å². The van der Waals surface area contributed by atoms with Crippen LogP contribution in [0.15, 0.2) is 41.1 Å². The zero-order valence-electron chi connectivity index (χ0n) is 12.2. The number of ether oxygens (including phenoxy) is 1. The molecule has 0 radical (unpaired) electrons. The minimum Gasteiger partial charge on any atom is -0.487 e. The number of nitrogens with two attached hydrogens (primary N) is 1. The Morgan fingerprint density at radius 1 is 1.27 bits per heavy atom. The minimum absolute atomic E-state index is 0. The lowest BCUT2D eigenvalue weighted by Crippen LogP contribution is -2.17. The van der Waals surface area contributed by atoms with E-state index in [-0.39, 0.29) is 30.8 Å². The maximum atomic E-state index is 13.1. The molecule has 124 valence electrons. The fourth-order valence-corrected chi connectivity index (χ4v) is 4.31. The Labute approximate surface area is 136 Å². The van der Waals surface area contributed by atoms with Crippen LogP contribution in [0, 0.1) is 0 Å². The first-order valence-corrected chi connectivity index (χ1v) is 8.60. The summed E-state index contributed by atoms with van der Waals surface area (Å²) >= 11 is 0. The van der Waals surface area contributed by atoms with Gasteiger partial charge in [-0.05, 0) is 43.2 Å². The Balaban J connectivity index is 0.00000242. The van der Waals surface area contributed by atoms with Crippen LogP contribution in [0.3, 0.4) is 0 Å². The maximum absolute atomic E-state index is 13.1. The SMILES string of the molecule is Cl.NC/C=C(/F)COc1ccc(S(=O)(=O)C2CCCC2)cc1. The van der Waals surface area contributed by atoms with Crippen LogP contribution in [0.1, 0.15) is 25.7 Å². The van der Waals surface area contributed by atoms with Crippen molar-refractivity contribution in [3.05, 3.63) is 36.2 Å². The normalized spacial score (nSPS) is 16.4. The van der Waals surface area contributed by atoms with Crippen LogP contribution in [-0.4, -0.2) is 26.8 Å². The molecule has 0 atom stereocenters. The quantitative estimate of drug-likeness (QED) is 0.857. The first kappa shape index (κ1) is 18.9. The summed E-state index contributed by atoms with van der Waals surface area (Å²) in [5.74, 6) is -0.0129. The van der Waals surface area contributed by atoms with Gasteiger partial charge >= 0.3 is 0 Å². The summed E-state index contributed by atoms with van der Waals surface area (Å²) in [5.41, 5.74) is 5.19. The zero-order valence-corrected chi connectivity index (χ0v) is 13.8. The molecule has 1 aromatic carbocycles. The summed E-state index contributed by atoms with van der Waals surface area (Å²) in [5, 5.41) is -0.269. The van der Waals surface area contributed by atoms with Crippen molar-refractivity contribution in [2.75, 3.05) is 13.2 Å². The molecular formula is C15H21ClFNO3S. The van der Waals surface area contributed by atoms with Crippen LogP contribution in [0.5, 0.6) is 5.75 Å². The molecule has 1 fully saturated rings. The molecule has 0 aromatic heterocycles. The van der Waals surface area contributed by atoms with E-state index >= 15 is 0 Å². The Morgan fingerprint density at radius 3 is 2.41 bits per heavy atom. The monoisotopic (exact) mass is 349 g/mol. The second kappa shape index (κ2) is 8.50. The molecule has 7 heteroatoms. The van der Waals surface area contributed by atoms with Gasteiger partial charge in [0, 0.05) is 6.54 Å². The summed E-state index contributed by atoms with van der Waals surface area (Å²) in [7, 11) is -3.25. The number of halogens is 2. The number of rotatable bonds is 6. The number of hydrogen-bond donors (Lipinski definition) is 1. The maximum Gasteiger partial charge on any atom is 0.181 e. The largest absolute Gasteiger partial charge is 0.487 e. The second-order valence-electron chi connectivity index (χ2n) is 5.10. The highest BCUT2D eigenvalue weighted by Gasteiger charge is 2.30. The highest BCUT2D eigenvalue weighted by Crippen LogP contribution is 2.30. The van der Waals surface area contributed by atoms with Crippen LogP contribution in [-0.2, 0) is 9.84 Å². The molecular weight excluding hydrogens is 329 g/mol. The average molecular weight is 350 g/mol. The molecule has 22 heavy (non-hydrogen) atoms. The molecule has 2 rings (SSSR count). The van der Waals surface area contributed by atoms with Crippen LogP contribution in [0.2, 0.25) is 0 Å². The van der Waals surface area contributed by atoms with Crippen molar-refractivity contribution in [3.63, 3.8) is 0 Å². The van der Waals surface area contributed by atoms with E-state index in [1.165, 1.54) is 18.2 Å². The summed E-state index contributed by atoms with van der Waals surface area (Å²) in [6.07, 6.45) is 4.64. The topological polar surface area (TPSA) is 69.4 Å². The van der Waals surface area contributed by atoms with Crippen molar-refractivity contribution in [1.82, 2.24) is 0 Å². The molecule has 4 nitrogen and oxygen atoms in total. The van der Waals surface area contributed by atoms with Gasteiger partial charge in [-0.2, -0.15) is 0 Å².